The lowest BCUT2D eigenvalue weighted by atomic mass is 10.1. The minimum absolute atomic E-state index is 0.282. The van der Waals surface area contributed by atoms with Crippen molar-refractivity contribution < 1.29 is 14.3 Å². The number of anilines is 2. The van der Waals surface area contributed by atoms with Gasteiger partial charge in [0.1, 0.15) is 0 Å². The van der Waals surface area contributed by atoms with Crippen LogP contribution in [0.4, 0.5) is 11.4 Å². The molecule has 1 atom stereocenters. The molecule has 0 amide bonds. The molecular formula is C14H20N2O3. The Balaban J connectivity index is 2.04. The van der Waals surface area contributed by atoms with Crippen molar-refractivity contribution in [2.45, 2.75) is 25.8 Å². The van der Waals surface area contributed by atoms with Crippen LogP contribution < -0.4 is 11.1 Å². The zero-order valence-corrected chi connectivity index (χ0v) is 11.1. The van der Waals surface area contributed by atoms with Crippen molar-refractivity contribution in [3.05, 3.63) is 23.8 Å². The first-order valence-corrected chi connectivity index (χ1v) is 6.61. The van der Waals surface area contributed by atoms with Gasteiger partial charge >= 0.3 is 5.97 Å². The molecule has 0 spiro atoms. The first kappa shape index (κ1) is 13.7. The molecule has 0 aliphatic carbocycles. The minimum atomic E-state index is -0.346. The molecule has 104 valence electrons. The fourth-order valence-electron chi connectivity index (χ4n) is 2.11. The van der Waals surface area contributed by atoms with Gasteiger partial charge in [-0.15, -0.1) is 0 Å². The van der Waals surface area contributed by atoms with Crippen molar-refractivity contribution in [3.8, 4) is 0 Å². The Kier molecular flexibility index (Phi) is 4.63. The Morgan fingerprint density at radius 3 is 3.05 bits per heavy atom. The zero-order chi connectivity index (χ0) is 13.7. The van der Waals surface area contributed by atoms with Crippen LogP contribution in [0.15, 0.2) is 18.2 Å². The third-order valence-electron chi connectivity index (χ3n) is 3.08. The number of ether oxygens (including phenoxy) is 2. The summed E-state index contributed by atoms with van der Waals surface area (Å²) in [6.45, 7) is 3.66. The predicted octanol–water partition coefficient (Wildman–Crippen LogP) is 2.04. The quantitative estimate of drug-likeness (QED) is 0.643. The van der Waals surface area contributed by atoms with Crippen LogP contribution in [0.1, 0.15) is 30.1 Å². The van der Waals surface area contributed by atoms with E-state index in [1.807, 2.05) is 6.07 Å². The summed E-state index contributed by atoms with van der Waals surface area (Å²) in [7, 11) is 0. The van der Waals surface area contributed by atoms with Gasteiger partial charge in [-0.1, -0.05) is 0 Å². The van der Waals surface area contributed by atoms with Crippen LogP contribution in [-0.2, 0) is 9.47 Å². The number of nitrogen functional groups attached to an aromatic ring is 1. The lowest BCUT2D eigenvalue weighted by Crippen LogP contribution is -2.30. The summed E-state index contributed by atoms with van der Waals surface area (Å²) >= 11 is 0. The third kappa shape index (κ3) is 3.61. The van der Waals surface area contributed by atoms with Crippen molar-refractivity contribution >= 4 is 17.3 Å². The van der Waals surface area contributed by atoms with Gasteiger partial charge in [-0.25, -0.2) is 4.79 Å². The molecule has 0 aromatic heterocycles. The molecule has 0 radical (unpaired) electrons. The lowest BCUT2D eigenvalue weighted by Gasteiger charge is -2.24. The number of hydrogen-bond acceptors (Lipinski definition) is 5. The molecule has 1 fully saturated rings. The summed E-state index contributed by atoms with van der Waals surface area (Å²) in [4.78, 5) is 11.6. The normalized spacial score (nSPS) is 18.9. The average Bonchev–Trinajstić information content (AvgIpc) is 2.42. The standard InChI is InChI=1S/C14H20N2O3/c1-2-19-14(17)10-5-6-13(12(15)8-10)16-11-4-3-7-18-9-11/h5-6,8,11,16H,2-4,7,9,15H2,1H3. The van der Waals surface area contributed by atoms with E-state index in [9.17, 15) is 4.79 Å². The van der Waals surface area contributed by atoms with Crippen LogP contribution in [0.3, 0.4) is 0 Å². The highest BCUT2D eigenvalue weighted by molar-refractivity contribution is 5.91. The van der Waals surface area contributed by atoms with Gasteiger partial charge in [-0.3, -0.25) is 0 Å². The highest BCUT2D eigenvalue weighted by Crippen LogP contribution is 2.23. The predicted molar refractivity (Wildman–Crippen MR) is 74.3 cm³/mol. The highest BCUT2D eigenvalue weighted by atomic mass is 16.5. The number of nitrogens with two attached hydrogens (primary N) is 1. The highest BCUT2D eigenvalue weighted by Gasteiger charge is 2.15. The van der Waals surface area contributed by atoms with Gasteiger partial charge in [-0.05, 0) is 38.0 Å². The minimum Gasteiger partial charge on any atom is -0.462 e. The number of hydrogen-bond donors (Lipinski definition) is 2. The topological polar surface area (TPSA) is 73.6 Å². The lowest BCUT2D eigenvalue weighted by molar-refractivity contribution is 0.0526. The van der Waals surface area contributed by atoms with Crippen LogP contribution in [0.25, 0.3) is 0 Å². The van der Waals surface area contributed by atoms with E-state index in [2.05, 4.69) is 5.32 Å². The molecule has 1 aromatic rings. The first-order chi connectivity index (χ1) is 9.20. The van der Waals surface area contributed by atoms with Crippen molar-refractivity contribution in [2.75, 3.05) is 30.9 Å². The maximum Gasteiger partial charge on any atom is 0.338 e. The second-order valence-electron chi connectivity index (χ2n) is 4.58. The second-order valence-corrected chi connectivity index (χ2v) is 4.58. The van der Waals surface area contributed by atoms with Gasteiger partial charge in [-0.2, -0.15) is 0 Å². The Labute approximate surface area is 113 Å². The van der Waals surface area contributed by atoms with E-state index in [0.29, 0.717) is 24.5 Å². The maximum absolute atomic E-state index is 11.6. The van der Waals surface area contributed by atoms with E-state index in [1.54, 1.807) is 19.1 Å². The van der Waals surface area contributed by atoms with Crippen molar-refractivity contribution in [1.82, 2.24) is 0 Å². The Morgan fingerprint density at radius 2 is 2.42 bits per heavy atom. The van der Waals surface area contributed by atoms with Crippen LogP contribution in [0, 0.1) is 0 Å². The fraction of sp³-hybridized carbons (Fsp3) is 0.500. The van der Waals surface area contributed by atoms with Crippen LogP contribution in [-0.4, -0.2) is 31.8 Å². The molecular weight excluding hydrogens is 244 g/mol. The number of esters is 1. The maximum atomic E-state index is 11.6. The number of nitrogens with one attached hydrogen (secondary N) is 1. The Bertz CT molecular complexity index is 442. The monoisotopic (exact) mass is 264 g/mol. The summed E-state index contributed by atoms with van der Waals surface area (Å²) < 4.78 is 10.3. The van der Waals surface area contributed by atoms with Gasteiger partial charge in [0.15, 0.2) is 0 Å². The molecule has 1 heterocycles. The molecule has 1 saturated heterocycles. The smallest absolute Gasteiger partial charge is 0.338 e. The van der Waals surface area contributed by atoms with E-state index < -0.39 is 0 Å². The number of carbonyl (C=O) groups excluding carboxylic acids is 1. The summed E-state index contributed by atoms with van der Waals surface area (Å²) in [5.74, 6) is -0.346. The largest absolute Gasteiger partial charge is 0.462 e. The SMILES string of the molecule is CCOC(=O)c1ccc(NC2CCCOC2)c(N)c1. The van der Waals surface area contributed by atoms with Gasteiger partial charge in [0.2, 0.25) is 0 Å². The Hall–Kier alpha value is -1.75. The van der Waals surface area contributed by atoms with E-state index in [-0.39, 0.29) is 12.0 Å². The molecule has 19 heavy (non-hydrogen) atoms. The van der Waals surface area contributed by atoms with Gasteiger partial charge in [0.25, 0.3) is 0 Å². The average molecular weight is 264 g/mol. The molecule has 0 saturated carbocycles. The number of carbonyl (C=O) groups is 1. The second kappa shape index (κ2) is 6.43. The van der Waals surface area contributed by atoms with E-state index >= 15 is 0 Å². The van der Waals surface area contributed by atoms with E-state index in [1.165, 1.54) is 0 Å². The van der Waals surface area contributed by atoms with Gasteiger partial charge in [0, 0.05) is 12.6 Å². The van der Waals surface area contributed by atoms with Crippen LogP contribution >= 0.6 is 0 Å². The van der Waals surface area contributed by atoms with E-state index in [4.69, 9.17) is 15.2 Å². The van der Waals surface area contributed by atoms with E-state index in [0.717, 1.165) is 25.1 Å². The Morgan fingerprint density at radius 1 is 1.58 bits per heavy atom. The van der Waals surface area contributed by atoms with Crippen molar-refractivity contribution in [1.29, 1.82) is 0 Å². The summed E-state index contributed by atoms with van der Waals surface area (Å²) in [5, 5.41) is 3.35. The first-order valence-electron chi connectivity index (χ1n) is 6.61. The van der Waals surface area contributed by atoms with Crippen LogP contribution in [0.2, 0.25) is 0 Å². The summed E-state index contributed by atoms with van der Waals surface area (Å²) in [6.07, 6.45) is 2.12. The molecule has 1 aliphatic heterocycles. The molecule has 5 nitrogen and oxygen atoms in total. The summed E-state index contributed by atoms with van der Waals surface area (Å²) in [6, 6.07) is 5.46. The number of rotatable bonds is 4. The zero-order valence-electron chi connectivity index (χ0n) is 11.1. The molecule has 5 heteroatoms. The molecule has 0 bridgehead atoms. The summed E-state index contributed by atoms with van der Waals surface area (Å²) in [5.41, 5.74) is 7.83. The third-order valence-corrected chi connectivity index (χ3v) is 3.08. The molecule has 2 rings (SSSR count). The molecule has 3 N–H and O–H groups in total. The van der Waals surface area contributed by atoms with Gasteiger partial charge < -0.3 is 20.5 Å². The van der Waals surface area contributed by atoms with Crippen LogP contribution in [0.5, 0.6) is 0 Å². The van der Waals surface area contributed by atoms with Gasteiger partial charge in [0.05, 0.1) is 30.2 Å². The fourth-order valence-corrected chi connectivity index (χ4v) is 2.11. The molecule has 1 unspecified atom stereocenters. The number of benzene rings is 1. The van der Waals surface area contributed by atoms with Crippen molar-refractivity contribution in [3.63, 3.8) is 0 Å². The molecule has 1 aliphatic rings. The molecule has 1 aromatic carbocycles. The van der Waals surface area contributed by atoms with Crippen molar-refractivity contribution in [2.24, 2.45) is 0 Å².